The van der Waals surface area contributed by atoms with Crippen molar-refractivity contribution in [2.45, 2.75) is 18.7 Å². The van der Waals surface area contributed by atoms with Gasteiger partial charge in [0.2, 0.25) is 5.91 Å². The summed E-state index contributed by atoms with van der Waals surface area (Å²) in [7, 11) is 0. The van der Waals surface area contributed by atoms with Gasteiger partial charge in [0.25, 0.3) is 0 Å². The summed E-state index contributed by atoms with van der Waals surface area (Å²) in [6.45, 7) is 0.00361. The van der Waals surface area contributed by atoms with Crippen LogP contribution in [0, 0.1) is 0 Å². The Morgan fingerprint density at radius 2 is 2.25 bits per heavy atom. The van der Waals surface area contributed by atoms with Crippen molar-refractivity contribution in [2.24, 2.45) is 0 Å². The van der Waals surface area contributed by atoms with Crippen LogP contribution in [0.15, 0.2) is 5.38 Å². The van der Waals surface area contributed by atoms with Crippen LogP contribution in [0.4, 0.5) is 18.3 Å². The van der Waals surface area contributed by atoms with Crippen molar-refractivity contribution < 1.29 is 23.1 Å². The summed E-state index contributed by atoms with van der Waals surface area (Å²) < 4.78 is 36.8. The number of β-amino-alcohol motifs (C(OH)–C–C–N with tert-alkyl or cyclic N) is 1. The molecule has 1 atom stereocenters. The van der Waals surface area contributed by atoms with Crippen LogP contribution in [0.2, 0.25) is 0 Å². The standard InChI is InChI=1S/C8H7F3N2O2S/c9-8(10,11)5-3-16-7(12-5)13-2-4(14)1-6(13)15/h3-4,14H,1-2H2. The molecule has 0 bridgehead atoms. The van der Waals surface area contributed by atoms with Crippen LogP contribution in [0.25, 0.3) is 0 Å². The number of aliphatic hydroxyl groups excluding tert-OH is 1. The third-order valence-corrected chi connectivity index (χ3v) is 2.98. The molecule has 1 fully saturated rings. The molecule has 1 aromatic rings. The zero-order chi connectivity index (χ0) is 11.9. The van der Waals surface area contributed by atoms with Gasteiger partial charge in [0.15, 0.2) is 10.8 Å². The second-order valence-electron chi connectivity index (χ2n) is 3.38. The van der Waals surface area contributed by atoms with E-state index in [-0.39, 0.29) is 18.1 Å². The van der Waals surface area contributed by atoms with Crippen molar-refractivity contribution >= 4 is 22.4 Å². The van der Waals surface area contributed by atoms with E-state index >= 15 is 0 Å². The number of carbonyl (C=O) groups is 1. The fourth-order valence-corrected chi connectivity index (χ4v) is 2.25. The van der Waals surface area contributed by atoms with Gasteiger partial charge in [0, 0.05) is 5.38 Å². The number of halogens is 3. The lowest BCUT2D eigenvalue weighted by molar-refractivity contribution is -0.140. The van der Waals surface area contributed by atoms with Gasteiger partial charge in [-0.05, 0) is 0 Å². The second-order valence-corrected chi connectivity index (χ2v) is 4.21. The van der Waals surface area contributed by atoms with Crippen LogP contribution >= 0.6 is 11.3 Å². The van der Waals surface area contributed by atoms with Gasteiger partial charge < -0.3 is 5.11 Å². The van der Waals surface area contributed by atoms with E-state index in [9.17, 15) is 23.1 Å². The highest BCUT2D eigenvalue weighted by atomic mass is 32.1. The molecule has 0 saturated carbocycles. The molecule has 8 heteroatoms. The molecule has 2 rings (SSSR count). The number of nitrogens with zero attached hydrogens (tertiary/aromatic N) is 2. The normalized spacial score (nSPS) is 21.9. The smallest absolute Gasteiger partial charge is 0.391 e. The summed E-state index contributed by atoms with van der Waals surface area (Å²) in [6, 6.07) is 0. The molecule has 1 amide bonds. The molecule has 1 aliphatic rings. The molecular formula is C8H7F3N2O2S. The van der Waals surface area contributed by atoms with Gasteiger partial charge in [0.05, 0.1) is 19.1 Å². The van der Waals surface area contributed by atoms with Crippen LogP contribution in [0.3, 0.4) is 0 Å². The first-order valence-electron chi connectivity index (χ1n) is 4.39. The molecule has 1 unspecified atom stereocenters. The zero-order valence-corrected chi connectivity index (χ0v) is 8.68. The number of amides is 1. The van der Waals surface area contributed by atoms with E-state index in [1.165, 1.54) is 0 Å². The largest absolute Gasteiger partial charge is 0.434 e. The van der Waals surface area contributed by atoms with Crippen LogP contribution in [-0.2, 0) is 11.0 Å². The van der Waals surface area contributed by atoms with Crippen molar-refractivity contribution in [3.8, 4) is 0 Å². The summed E-state index contributed by atoms with van der Waals surface area (Å²) in [5, 5.41) is 10.0. The molecule has 0 spiro atoms. The third-order valence-electron chi connectivity index (χ3n) is 2.12. The molecule has 1 saturated heterocycles. The highest BCUT2D eigenvalue weighted by Crippen LogP contribution is 2.34. The van der Waals surface area contributed by atoms with Gasteiger partial charge >= 0.3 is 6.18 Å². The van der Waals surface area contributed by atoms with E-state index in [1.54, 1.807) is 0 Å². The first kappa shape index (κ1) is 11.3. The average molecular weight is 252 g/mol. The monoisotopic (exact) mass is 252 g/mol. The molecular weight excluding hydrogens is 245 g/mol. The first-order chi connectivity index (χ1) is 7.38. The van der Waals surface area contributed by atoms with Crippen molar-refractivity contribution in [3.63, 3.8) is 0 Å². The predicted molar refractivity (Wildman–Crippen MR) is 50.1 cm³/mol. The van der Waals surface area contributed by atoms with Crippen molar-refractivity contribution in [1.82, 2.24) is 4.98 Å². The van der Waals surface area contributed by atoms with Crippen LogP contribution in [-0.4, -0.2) is 28.6 Å². The molecule has 88 valence electrons. The maximum absolute atomic E-state index is 12.3. The van der Waals surface area contributed by atoms with E-state index in [0.717, 1.165) is 21.6 Å². The number of rotatable bonds is 1. The number of alkyl halides is 3. The average Bonchev–Trinajstić information content (AvgIpc) is 2.70. The summed E-state index contributed by atoms with van der Waals surface area (Å²) in [5.74, 6) is -0.407. The maximum atomic E-state index is 12.3. The molecule has 1 aliphatic heterocycles. The number of aromatic nitrogens is 1. The van der Waals surface area contributed by atoms with Gasteiger partial charge in [0.1, 0.15) is 0 Å². The number of carbonyl (C=O) groups excluding carboxylic acids is 1. The van der Waals surface area contributed by atoms with E-state index in [2.05, 4.69) is 4.98 Å². The van der Waals surface area contributed by atoms with E-state index in [4.69, 9.17) is 0 Å². The highest BCUT2D eigenvalue weighted by Gasteiger charge is 2.36. The zero-order valence-electron chi connectivity index (χ0n) is 7.86. The van der Waals surface area contributed by atoms with E-state index < -0.39 is 23.9 Å². The Kier molecular flexibility index (Phi) is 2.62. The summed E-state index contributed by atoms with van der Waals surface area (Å²) in [4.78, 5) is 15.7. The van der Waals surface area contributed by atoms with Gasteiger partial charge in [-0.1, -0.05) is 0 Å². The van der Waals surface area contributed by atoms with Gasteiger partial charge in [-0.25, -0.2) is 4.98 Å². The topological polar surface area (TPSA) is 53.4 Å². The fourth-order valence-electron chi connectivity index (χ4n) is 1.39. The van der Waals surface area contributed by atoms with Crippen molar-refractivity contribution in [2.75, 3.05) is 11.4 Å². The summed E-state index contributed by atoms with van der Waals surface area (Å²) in [5.41, 5.74) is -1.01. The van der Waals surface area contributed by atoms with Gasteiger partial charge in [-0.3, -0.25) is 9.69 Å². The Morgan fingerprint density at radius 3 is 2.69 bits per heavy atom. The first-order valence-corrected chi connectivity index (χ1v) is 5.27. The molecule has 0 aromatic carbocycles. The lowest BCUT2D eigenvalue weighted by atomic mass is 10.3. The van der Waals surface area contributed by atoms with Crippen LogP contribution < -0.4 is 4.90 Å². The number of thiazole rings is 1. The quantitative estimate of drug-likeness (QED) is 0.818. The molecule has 4 nitrogen and oxygen atoms in total. The Balaban J connectivity index is 2.23. The highest BCUT2D eigenvalue weighted by molar-refractivity contribution is 7.14. The maximum Gasteiger partial charge on any atom is 0.434 e. The lowest BCUT2D eigenvalue weighted by Gasteiger charge is -2.10. The Hall–Kier alpha value is -1.15. The summed E-state index contributed by atoms with van der Waals surface area (Å²) in [6.07, 6.45) is -5.40. The van der Waals surface area contributed by atoms with E-state index in [0.29, 0.717) is 0 Å². The Morgan fingerprint density at radius 1 is 1.56 bits per heavy atom. The lowest BCUT2D eigenvalue weighted by Crippen LogP contribution is -2.25. The SMILES string of the molecule is O=C1CC(O)CN1c1nc(C(F)(F)F)cs1. The minimum absolute atomic E-state index is 0.00361. The van der Waals surface area contributed by atoms with Crippen LogP contribution in [0.5, 0.6) is 0 Å². The van der Waals surface area contributed by atoms with Gasteiger partial charge in [-0.15, -0.1) is 11.3 Å². The van der Waals surface area contributed by atoms with E-state index in [1.807, 2.05) is 0 Å². The fraction of sp³-hybridized carbons (Fsp3) is 0.500. The molecule has 0 radical (unpaired) electrons. The minimum Gasteiger partial charge on any atom is -0.391 e. The molecule has 1 aromatic heterocycles. The minimum atomic E-state index is -4.50. The van der Waals surface area contributed by atoms with Crippen LogP contribution in [0.1, 0.15) is 12.1 Å². The number of aliphatic hydroxyl groups is 1. The molecule has 1 N–H and O–H groups in total. The number of hydrogen-bond donors (Lipinski definition) is 1. The third kappa shape index (κ3) is 2.03. The Labute approximate surface area is 92.3 Å². The number of hydrogen-bond acceptors (Lipinski definition) is 4. The summed E-state index contributed by atoms with van der Waals surface area (Å²) >= 11 is 0.742. The second kappa shape index (κ2) is 3.70. The van der Waals surface area contributed by atoms with Crippen molar-refractivity contribution in [3.05, 3.63) is 11.1 Å². The Bertz CT molecular complexity index is 418. The molecule has 0 aliphatic carbocycles. The number of anilines is 1. The van der Waals surface area contributed by atoms with Crippen molar-refractivity contribution in [1.29, 1.82) is 0 Å². The molecule has 2 heterocycles. The molecule has 16 heavy (non-hydrogen) atoms. The van der Waals surface area contributed by atoms with Gasteiger partial charge in [-0.2, -0.15) is 13.2 Å². The predicted octanol–water partition coefficient (Wildman–Crippen LogP) is 1.26.